The molecule has 1 nitrogen and oxygen atoms in total. The number of fused-ring (bicyclic) bond motifs is 4. The molecule has 4 aromatic carbocycles. The molecule has 0 aromatic heterocycles. The first-order valence-corrected chi connectivity index (χ1v) is 9.32. The van der Waals surface area contributed by atoms with Crippen molar-refractivity contribution in [2.45, 2.75) is 0 Å². The van der Waals surface area contributed by atoms with Crippen LogP contribution in [-0.4, -0.2) is 0 Å². The first-order valence-electron chi connectivity index (χ1n) is 8.06. The SMILES string of the molecule is c1ccc2c(c1)OP(c1cccc3ccccc13)c1ccccc1-2. The molecule has 0 saturated heterocycles. The molecular weight excluding hydrogens is 311 g/mol. The maximum Gasteiger partial charge on any atom is 0.152 e. The maximum atomic E-state index is 6.52. The lowest BCUT2D eigenvalue weighted by Crippen LogP contribution is -2.21. The molecule has 1 atom stereocenters. The fourth-order valence-corrected chi connectivity index (χ4v) is 5.45. The molecule has 5 rings (SSSR count). The summed E-state index contributed by atoms with van der Waals surface area (Å²) in [7, 11) is -0.869. The maximum absolute atomic E-state index is 6.52. The number of para-hydroxylation sites is 1. The predicted octanol–water partition coefficient (Wildman–Crippen LogP) is 5.25. The highest BCUT2D eigenvalue weighted by molar-refractivity contribution is 7.69. The van der Waals surface area contributed by atoms with Crippen LogP contribution >= 0.6 is 8.15 Å². The van der Waals surface area contributed by atoms with E-state index in [0.717, 1.165) is 5.75 Å². The third kappa shape index (κ3) is 2.06. The van der Waals surface area contributed by atoms with Crippen molar-refractivity contribution in [3.05, 3.63) is 91.0 Å². The Morgan fingerprint density at radius 1 is 0.542 bits per heavy atom. The molecule has 0 aliphatic carbocycles. The Kier molecular flexibility index (Phi) is 3.14. The zero-order valence-corrected chi connectivity index (χ0v) is 13.9. The van der Waals surface area contributed by atoms with Gasteiger partial charge in [-0.1, -0.05) is 84.9 Å². The molecule has 1 heterocycles. The van der Waals surface area contributed by atoms with E-state index < -0.39 is 8.15 Å². The largest absolute Gasteiger partial charge is 0.464 e. The summed E-state index contributed by atoms with van der Waals surface area (Å²) < 4.78 is 6.52. The Morgan fingerprint density at radius 2 is 1.21 bits per heavy atom. The van der Waals surface area contributed by atoms with Gasteiger partial charge in [0.1, 0.15) is 5.75 Å². The highest BCUT2D eigenvalue weighted by Crippen LogP contribution is 2.48. The van der Waals surface area contributed by atoms with Crippen molar-refractivity contribution in [3.63, 3.8) is 0 Å². The van der Waals surface area contributed by atoms with Crippen molar-refractivity contribution in [2.75, 3.05) is 0 Å². The summed E-state index contributed by atoms with van der Waals surface area (Å²) in [6.45, 7) is 0. The van der Waals surface area contributed by atoms with Crippen molar-refractivity contribution in [1.29, 1.82) is 0 Å². The van der Waals surface area contributed by atoms with Gasteiger partial charge in [-0.3, -0.25) is 0 Å². The first kappa shape index (κ1) is 13.8. The third-order valence-corrected chi connectivity index (χ3v) is 6.51. The van der Waals surface area contributed by atoms with Gasteiger partial charge in [0.15, 0.2) is 8.15 Å². The van der Waals surface area contributed by atoms with Crippen LogP contribution < -0.4 is 15.1 Å². The van der Waals surface area contributed by atoms with E-state index in [0.29, 0.717) is 0 Å². The van der Waals surface area contributed by atoms with E-state index in [2.05, 4.69) is 84.9 Å². The molecule has 0 N–H and O–H groups in total. The lowest BCUT2D eigenvalue weighted by molar-refractivity contribution is 0.629. The fraction of sp³-hybridized carbons (Fsp3) is 0. The standard InChI is InChI=1S/C22H15OP/c1-2-10-17-16(8-1)9-7-15-21(17)24-22-14-6-4-12-19(22)18-11-3-5-13-20(18)23-24/h1-15H. The van der Waals surface area contributed by atoms with Crippen molar-refractivity contribution >= 4 is 29.5 Å². The Morgan fingerprint density at radius 3 is 2.17 bits per heavy atom. The van der Waals surface area contributed by atoms with Crippen molar-refractivity contribution in [1.82, 2.24) is 0 Å². The topological polar surface area (TPSA) is 9.23 Å². The van der Waals surface area contributed by atoms with Gasteiger partial charge in [-0.25, -0.2) is 0 Å². The van der Waals surface area contributed by atoms with Crippen molar-refractivity contribution < 1.29 is 4.52 Å². The Hall–Kier alpha value is -2.63. The molecule has 114 valence electrons. The minimum absolute atomic E-state index is 0.869. The second kappa shape index (κ2) is 5.47. The van der Waals surface area contributed by atoms with Crippen molar-refractivity contribution in [3.8, 4) is 16.9 Å². The smallest absolute Gasteiger partial charge is 0.152 e. The van der Waals surface area contributed by atoms with Crippen LogP contribution in [0, 0.1) is 0 Å². The Labute approximate surface area is 142 Å². The molecule has 0 spiro atoms. The Bertz CT molecular complexity index is 1050. The van der Waals surface area contributed by atoms with Crippen LogP contribution in [0.25, 0.3) is 21.9 Å². The van der Waals surface area contributed by atoms with Crippen LogP contribution in [0.5, 0.6) is 5.75 Å². The summed E-state index contributed by atoms with van der Waals surface area (Å²) >= 11 is 0. The predicted molar refractivity (Wildman–Crippen MR) is 103 cm³/mol. The molecule has 1 unspecified atom stereocenters. The van der Waals surface area contributed by atoms with Crippen LogP contribution in [-0.2, 0) is 0 Å². The molecule has 1 aliphatic heterocycles. The van der Waals surface area contributed by atoms with E-state index in [4.69, 9.17) is 4.52 Å². The quantitative estimate of drug-likeness (QED) is 0.434. The van der Waals surface area contributed by atoms with Crippen LogP contribution in [0.15, 0.2) is 91.0 Å². The van der Waals surface area contributed by atoms with Gasteiger partial charge in [0, 0.05) is 16.2 Å². The molecule has 4 aromatic rings. The number of hydrogen-bond donors (Lipinski definition) is 0. The van der Waals surface area contributed by atoms with Crippen molar-refractivity contribution in [2.24, 2.45) is 0 Å². The molecule has 24 heavy (non-hydrogen) atoms. The molecule has 2 heteroatoms. The van der Waals surface area contributed by atoms with E-state index in [1.165, 1.54) is 32.5 Å². The lowest BCUT2D eigenvalue weighted by atomic mass is 10.0. The zero-order chi connectivity index (χ0) is 15.9. The highest BCUT2D eigenvalue weighted by atomic mass is 31.1. The molecule has 0 amide bonds. The lowest BCUT2D eigenvalue weighted by Gasteiger charge is -2.29. The van der Waals surface area contributed by atoms with Gasteiger partial charge in [-0.05, 0) is 22.4 Å². The van der Waals surface area contributed by atoms with Crippen LogP contribution in [0.4, 0.5) is 0 Å². The first-order chi connectivity index (χ1) is 11.9. The average molecular weight is 326 g/mol. The third-order valence-electron chi connectivity index (χ3n) is 4.48. The summed E-state index contributed by atoms with van der Waals surface area (Å²) in [4.78, 5) is 0. The Balaban J connectivity index is 1.78. The summed E-state index contributed by atoms with van der Waals surface area (Å²) in [5.74, 6) is 0.982. The average Bonchev–Trinajstić information content (AvgIpc) is 2.67. The molecule has 0 radical (unpaired) electrons. The highest BCUT2D eigenvalue weighted by Gasteiger charge is 2.28. The van der Waals surface area contributed by atoms with E-state index in [1.807, 2.05) is 6.07 Å². The molecule has 0 saturated carbocycles. The minimum Gasteiger partial charge on any atom is -0.464 e. The number of hydrogen-bond acceptors (Lipinski definition) is 1. The van der Waals surface area contributed by atoms with Crippen LogP contribution in [0.2, 0.25) is 0 Å². The van der Waals surface area contributed by atoms with Crippen LogP contribution in [0.1, 0.15) is 0 Å². The van der Waals surface area contributed by atoms with Gasteiger partial charge in [-0.2, -0.15) is 0 Å². The van der Waals surface area contributed by atoms with Crippen LogP contribution in [0.3, 0.4) is 0 Å². The van der Waals surface area contributed by atoms with Gasteiger partial charge in [-0.15, -0.1) is 0 Å². The second-order valence-corrected chi connectivity index (χ2v) is 7.63. The van der Waals surface area contributed by atoms with Gasteiger partial charge >= 0.3 is 0 Å². The van der Waals surface area contributed by atoms with E-state index in [9.17, 15) is 0 Å². The number of rotatable bonds is 1. The molecule has 0 fully saturated rings. The van der Waals surface area contributed by atoms with Gasteiger partial charge in [0.25, 0.3) is 0 Å². The fourth-order valence-electron chi connectivity index (χ4n) is 3.36. The molecule has 1 aliphatic rings. The second-order valence-electron chi connectivity index (χ2n) is 5.90. The minimum atomic E-state index is -0.869. The summed E-state index contributed by atoms with van der Waals surface area (Å²) in [5, 5.41) is 5.12. The normalized spacial score (nSPS) is 15.4. The van der Waals surface area contributed by atoms with E-state index >= 15 is 0 Å². The summed E-state index contributed by atoms with van der Waals surface area (Å²) in [6.07, 6.45) is 0. The van der Waals surface area contributed by atoms with E-state index in [-0.39, 0.29) is 0 Å². The molecule has 0 bridgehead atoms. The van der Waals surface area contributed by atoms with Gasteiger partial charge < -0.3 is 4.52 Å². The van der Waals surface area contributed by atoms with Gasteiger partial charge in [0.05, 0.1) is 0 Å². The number of benzene rings is 4. The summed E-state index contributed by atoms with van der Waals surface area (Å²) in [6, 6.07) is 32.0. The summed E-state index contributed by atoms with van der Waals surface area (Å²) in [5.41, 5.74) is 2.48. The van der Waals surface area contributed by atoms with E-state index in [1.54, 1.807) is 0 Å². The zero-order valence-electron chi connectivity index (χ0n) is 13.0. The van der Waals surface area contributed by atoms with Gasteiger partial charge in [0.2, 0.25) is 0 Å². The molecular formula is C22H15OP. The monoisotopic (exact) mass is 326 g/mol.